The van der Waals surface area contributed by atoms with Gasteiger partial charge in [-0.1, -0.05) is 6.07 Å². The van der Waals surface area contributed by atoms with E-state index in [0.717, 1.165) is 61.8 Å². The van der Waals surface area contributed by atoms with Gasteiger partial charge in [0.05, 0.1) is 17.2 Å². The van der Waals surface area contributed by atoms with Crippen molar-refractivity contribution in [1.82, 2.24) is 15.3 Å². The molecule has 0 amide bonds. The van der Waals surface area contributed by atoms with Crippen LogP contribution >= 0.6 is 0 Å². The predicted molar refractivity (Wildman–Crippen MR) is 138 cm³/mol. The number of hydrogen-bond acceptors (Lipinski definition) is 7. The smallest absolute Gasteiger partial charge is 0.381 e. The monoisotopic (exact) mass is 531 g/mol. The molecule has 0 aromatic carbocycles. The van der Waals surface area contributed by atoms with Crippen LogP contribution in [0.1, 0.15) is 51.1 Å². The van der Waals surface area contributed by atoms with Gasteiger partial charge in [0, 0.05) is 49.8 Å². The topological polar surface area (TPSA) is 103 Å². The van der Waals surface area contributed by atoms with Crippen LogP contribution in [0.4, 0.5) is 19.0 Å². The van der Waals surface area contributed by atoms with Crippen molar-refractivity contribution in [2.24, 2.45) is 11.3 Å². The molecule has 0 unspecified atom stereocenters. The Morgan fingerprint density at radius 1 is 1.16 bits per heavy atom. The molecule has 2 fully saturated rings. The van der Waals surface area contributed by atoms with E-state index in [-0.39, 0.29) is 6.04 Å². The second-order valence-electron chi connectivity index (χ2n) is 10.9. The van der Waals surface area contributed by atoms with Gasteiger partial charge in [0.25, 0.3) is 0 Å². The summed E-state index contributed by atoms with van der Waals surface area (Å²) < 4.78 is 44.1. The third kappa shape index (κ3) is 7.22. The Morgan fingerprint density at radius 2 is 1.89 bits per heavy atom. The number of alkyl halides is 3. The van der Waals surface area contributed by atoms with Crippen molar-refractivity contribution in [2.45, 2.75) is 69.7 Å². The second-order valence-corrected chi connectivity index (χ2v) is 10.9. The number of ether oxygens (including phenoxy) is 1. The van der Waals surface area contributed by atoms with Crippen molar-refractivity contribution >= 4 is 5.82 Å². The van der Waals surface area contributed by atoms with E-state index < -0.39 is 23.7 Å². The lowest BCUT2D eigenvalue weighted by molar-refractivity contribution is -0.250. The van der Waals surface area contributed by atoms with Gasteiger partial charge in [-0.15, -0.1) is 0 Å². The SMILES string of the molecule is C[C@@](O)(CNC1CCC(Cc2cc(-c3cccc(NCC4(C#N)CCOCC4)n3)ccn2)CC1)C(F)(F)F. The minimum atomic E-state index is -4.65. The largest absolute Gasteiger partial charge is 0.418 e. The highest BCUT2D eigenvalue weighted by Crippen LogP contribution is 2.32. The molecular weight excluding hydrogens is 495 g/mol. The molecule has 1 atom stereocenters. The van der Waals surface area contributed by atoms with Crippen molar-refractivity contribution < 1.29 is 23.0 Å². The van der Waals surface area contributed by atoms with Crippen LogP contribution in [0.2, 0.25) is 0 Å². The lowest BCUT2D eigenvalue weighted by atomic mass is 9.82. The first-order valence-corrected chi connectivity index (χ1v) is 13.3. The third-order valence-corrected chi connectivity index (χ3v) is 7.85. The lowest BCUT2D eigenvalue weighted by Crippen LogP contribution is -2.52. The van der Waals surface area contributed by atoms with E-state index in [0.29, 0.717) is 38.5 Å². The molecular formula is C28H36F3N5O2. The van der Waals surface area contributed by atoms with Crippen LogP contribution in [-0.4, -0.2) is 59.2 Å². The fourth-order valence-corrected chi connectivity index (χ4v) is 5.10. The Morgan fingerprint density at radius 3 is 2.58 bits per heavy atom. The zero-order valence-corrected chi connectivity index (χ0v) is 21.7. The van der Waals surface area contributed by atoms with Crippen molar-refractivity contribution in [3.05, 3.63) is 42.2 Å². The molecule has 0 bridgehead atoms. The summed E-state index contributed by atoms with van der Waals surface area (Å²) in [7, 11) is 0. The predicted octanol–water partition coefficient (Wildman–Crippen LogP) is 4.88. The normalized spacial score (nSPS) is 23.3. The molecule has 2 aromatic heterocycles. The number of pyridine rings is 2. The Kier molecular flexibility index (Phi) is 8.91. The maximum atomic E-state index is 12.9. The number of rotatable bonds is 9. The standard InChI is InChI=1S/C28H36F3N5O2/c1-26(37,28(29,30)31)18-34-22-7-5-20(6-8-22)15-23-16-21(9-12-33-23)24-3-2-4-25(36-24)35-19-27(17-32)10-13-38-14-11-27/h2-4,9,12,16,20,22,34,37H,5-8,10-11,13-15,18-19H2,1H3,(H,35,36)/t20?,22?,26-/m1/s1. The number of aliphatic hydroxyl groups is 1. The van der Waals surface area contributed by atoms with Crippen LogP contribution in [0.5, 0.6) is 0 Å². The molecule has 1 aliphatic carbocycles. The highest BCUT2D eigenvalue weighted by Gasteiger charge is 2.49. The molecule has 10 heteroatoms. The Balaban J connectivity index is 1.31. The van der Waals surface area contributed by atoms with Crippen molar-refractivity contribution in [2.75, 3.05) is 31.6 Å². The van der Waals surface area contributed by atoms with Gasteiger partial charge in [0.15, 0.2) is 5.60 Å². The molecule has 4 rings (SSSR count). The van der Waals surface area contributed by atoms with Crippen LogP contribution in [0, 0.1) is 22.7 Å². The van der Waals surface area contributed by atoms with Gasteiger partial charge in [0.1, 0.15) is 5.82 Å². The minimum absolute atomic E-state index is 0.0277. The molecule has 3 N–H and O–H groups in total. The summed E-state index contributed by atoms with van der Waals surface area (Å²) in [5.41, 5.74) is -0.419. The van der Waals surface area contributed by atoms with E-state index in [9.17, 15) is 23.5 Å². The first kappa shape index (κ1) is 28.3. The average Bonchev–Trinajstić information content (AvgIpc) is 2.92. The van der Waals surface area contributed by atoms with Crippen LogP contribution in [0.3, 0.4) is 0 Å². The number of anilines is 1. The number of aromatic nitrogens is 2. The number of halogens is 3. The highest BCUT2D eigenvalue weighted by atomic mass is 19.4. The van der Waals surface area contributed by atoms with E-state index in [1.807, 2.05) is 30.3 Å². The first-order valence-electron chi connectivity index (χ1n) is 13.3. The summed E-state index contributed by atoms with van der Waals surface area (Å²) in [6, 6.07) is 12.2. The summed E-state index contributed by atoms with van der Waals surface area (Å²) in [6.07, 6.45) is 2.65. The van der Waals surface area contributed by atoms with Crippen LogP contribution in [-0.2, 0) is 11.2 Å². The molecule has 2 aromatic rings. The Labute approximate surface area is 221 Å². The average molecular weight is 532 g/mol. The molecule has 1 saturated heterocycles. The zero-order valence-electron chi connectivity index (χ0n) is 21.7. The van der Waals surface area contributed by atoms with Gasteiger partial charge in [-0.2, -0.15) is 18.4 Å². The quantitative estimate of drug-likeness (QED) is 0.424. The van der Waals surface area contributed by atoms with Crippen molar-refractivity contribution in [3.63, 3.8) is 0 Å². The summed E-state index contributed by atoms with van der Waals surface area (Å²) in [4.78, 5) is 9.31. The minimum Gasteiger partial charge on any atom is -0.381 e. The van der Waals surface area contributed by atoms with Gasteiger partial charge >= 0.3 is 6.18 Å². The molecule has 1 saturated carbocycles. The van der Waals surface area contributed by atoms with E-state index in [2.05, 4.69) is 21.7 Å². The van der Waals surface area contributed by atoms with Crippen molar-refractivity contribution in [1.29, 1.82) is 5.26 Å². The summed E-state index contributed by atoms with van der Waals surface area (Å²) in [5.74, 6) is 1.12. The molecule has 3 heterocycles. The van der Waals surface area contributed by atoms with Gasteiger partial charge in [0.2, 0.25) is 0 Å². The Hall–Kier alpha value is -2.74. The van der Waals surface area contributed by atoms with Gasteiger partial charge < -0.3 is 20.5 Å². The molecule has 0 radical (unpaired) electrons. The first-order chi connectivity index (χ1) is 18.1. The van der Waals surface area contributed by atoms with Crippen LogP contribution in [0.15, 0.2) is 36.5 Å². The molecule has 1 aliphatic heterocycles. The fourth-order valence-electron chi connectivity index (χ4n) is 5.10. The van der Waals surface area contributed by atoms with Crippen LogP contribution in [0.25, 0.3) is 11.3 Å². The third-order valence-electron chi connectivity index (χ3n) is 7.85. The summed E-state index contributed by atoms with van der Waals surface area (Å²) in [6.45, 7) is 2.03. The van der Waals surface area contributed by atoms with Gasteiger partial charge in [-0.3, -0.25) is 4.98 Å². The van der Waals surface area contributed by atoms with E-state index in [1.54, 1.807) is 6.20 Å². The molecule has 38 heavy (non-hydrogen) atoms. The maximum Gasteiger partial charge on any atom is 0.418 e. The van der Waals surface area contributed by atoms with E-state index in [1.165, 1.54) is 0 Å². The van der Waals surface area contributed by atoms with Crippen LogP contribution < -0.4 is 10.6 Å². The number of nitriles is 1. The van der Waals surface area contributed by atoms with Gasteiger partial charge in [-0.05, 0) is 82.1 Å². The highest BCUT2D eigenvalue weighted by molar-refractivity contribution is 5.61. The molecule has 2 aliphatic rings. The Bertz CT molecular complexity index is 1100. The number of hydrogen-bond donors (Lipinski definition) is 3. The fraction of sp³-hybridized carbons (Fsp3) is 0.607. The lowest BCUT2D eigenvalue weighted by Gasteiger charge is -2.33. The number of nitrogens with one attached hydrogen (secondary N) is 2. The van der Waals surface area contributed by atoms with Crippen molar-refractivity contribution in [3.8, 4) is 17.3 Å². The zero-order chi connectivity index (χ0) is 27.2. The van der Waals surface area contributed by atoms with E-state index in [4.69, 9.17) is 9.72 Å². The second kappa shape index (κ2) is 12.0. The summed E-state index contributed by atoms with van der Waals surface area (Å²) >= 11 is 0. The molecule has 7 nitrogen and oxygen atoms in total. The maximum absolute atomic E-state index is 12.9. The summed E-state index contributed by atoms with van der Waals surface area (Å²) in [5, 5.41) is 25.6. The van der Waals surface area contributed by atoms with Gasteiger partial charge in [-0.25, -0.2) is 4.98 Å². The molecule has 0 spiro atoms. The number of nitrogens with zero attached hydrogens (tertiary/aromatic N) is 3. The molecule has 206 valence electrons. The van der Waals surface area contributed by atoms with E-state index >= 15 is 0 Å².